The molecule has 0 radical (unpaired) electrons. The van der Waals surface area contributed by atoms with Gasteiger partial charge in [-0.1, -0.05) is 37.7 Å². The average Bonchev–Trinajstić information content (AvgIpc) is 2.53. The minimum absolute atomic E-state index is 0.0737. The van der Waals surface area contributed by atoms with Crippen molar-refractivity contribution in [3.63, 3.8) is 0 Å². The molecule has 0 bridgehead atoms. The number of carbonyl (C=O) groups excluding carboxylic acids is 1. The number of carbonyl (C=O) groups is 1. The quantitative estimate of drug-likeness (QED) is 0.772. The van der Waals surface area contributed by atoms with Crippen LogP contribution in [-0.2, 0) is 11.0 Å². The fraction of sp³-hybridized carbons (Fsp3) is 0.294. The van der Waals surface area contributed by atoms with Crippen LogP contribution in [0.3, 0.4) is 0 Å². The van der Waals surface area contributed by atoms with Gasteiger partial charge in [0.05, 0.1) is 16.3 Å². The molecule has 7 heteroatoms. The van der Waals surface area contributed by atoms with Gasteiger partial charge in [0.25, 0.3) is 0 Å². The van der Waals surface area contributed by atoms with Crippen LogP contribution in [-0.4, -0.2) is 16.6 Å². The predicted molar refractivity (Wildman–Crippen MR) is 89.1 cm³/mol. The molecule has 1 heterocycles. The molecule has 0 saturated heterocycles. The molecule has 1 N–H and O–H groups in total. The van der Waals surface area contributed by atoms with Crippen molar-refractivity contribution in [2.75, 3.05) is 11.1 Å². The van der Waals surface area contributed by atoms with Crippen LogP contribution in [0.5, 0.6) is 0 Å². The van der Waals surface area contributed by atoms with Gasteiger partial charge >= 0.3 is 6.18 Å². The molecule has 0 aliphatic heterocycles. The van der Waals surface area contributed by atoms with Gasteiger partial charge in [0, 0.05) is 11.9 Å². The zero-order valence-electron chi connectivity index (χ0n) is 13.2. The number of thioether (sulfide) groups is 1. The van der Waals surface area contributed by atoms with Gasteiger partial charge in [-0.25, -0.2) is 4.98 Å². The Morgan fingerprint density at radius 2 is 1.83 bits per heavy atom. The Morgan fingerprint density at radius 1 is 1.17 bits per heavy atom. The predicted octanol–water partition coefficient (Wildman–Crippen LogP) is 4.95. The van der Waals surface area contributed by atoms with E-state index < -0.39 is 11.7 Å². The van der Waals surface area contributed by atoms with Crippen LogP contribution in [0.25, 0.3) is 0 Å². The Bertz CT molecular complexity index is 682. The van der Waals surface area contributed by atoms with Crippen LogP contribution in [0.2, 0.25) is 0 Å². The van der Waals surface area contributed by atoms with Gasteiger partial charge < -0.3 is 5.32 Å². The van der Waals surface area contributed by atoms with Crippen molar-refractivity contribution in [3.05, 3.63) is 53.7 Å². The Labute approximate surface area is 142 Å². The third-order valence-electron chi connectivity index (χ3n) is 3.28. The first kappa shape index (κ1) is 18.3. The second-order valence-electron chi connectivity index (χ2n) is 5.50. The first-order valence-electron chi connectivity index (χ1n) is 7.31. The highest BCUT2D eigenvalue weighted by Crippen LogP contribution is 2.29. The number of hydrogen-bond donors (Lipinski definition) is 1. The van der Waals surface area contributed by atoms with Gasteiger partial charge in [-0.3, -0.25) is 4.79 Å². The molecule has 3 nitrogen and oxygen atoms in total. The molecule has 128 valence electrons. The number of pyridine rings is 1. The van der Waals surface area contributed by atoms with E-state index in [-0.39, 0.29) is 11.7 Å². The maximum absolute atomic E-state index is 12.4. The second-order valence-corrected chi connectivity index (χ2v) is 6.49. The topological polar surface area (TPSA) is 42.0 Å². The zero-order chi connectivity index (χ0) is 17.7. The van der Waals surface area contributed by atoms with Crippen LogP contribution >= 0.6 is 11.8 Å². The molecule has 1 aromatic carbocycles. The third-order valence-corrected chi connectivity index (χ3v) is 4.22. The smallest absolute Gasteiger partial charge is 0.325 e. The molecule has 0 spiro atoms. The number of hydrogen-bond acceptors (Lipinski definition) is 3. The highest BCUT2D eigenvalue weighted by molar-refractivity contribution is 7.99. The number of rotatable bonds is 5. The molecule has 1 amide bonds. The lowest BCUT2D eigenvalue weighted by atomic mass is 10.0. The van der Waals surface area contributed by atoms with Gasteiger partial charge in [0.2, 0.25) is 5.91 Å². The molecule has 0 saturated carbocycles. The van der Waals surface area contributed by atoms with Crippen molar-refractivity contribution in [1.29, 1.82) is 0 Å². The number of aromatic nitrogens is 1. The number of nitrogens with one attached hydrogen (secondary N) is 1. The summed E-state index contributed by atoms with van der Waals surface area (Å²) in [7, 11) is 0. The fourth-order valence-corrected chi connectivity index (χ4v) is 2.56. The molecular formula is C17H17F3N2OS. The monoisotopic (exact) mass is 354 g/mol. The Morgan fingerprint density at radius 3 is 2.33 bits per heavy atom. The molecule has 2 aromatic rings. The fourth-order valence-electron chi connectivity index (χ4n) is 1.92. The molecule has 0 atom stereocenters. The third kappa shape index (κ3) is 5.26. The van der Waals surface area contributed by atoms with E-state index in [4.69, 9.17) is 0 Å². The summed E-state index contributed by atoms with van der Waals surface area (Å²) in [5.41, 5.74) is 1.06. The van der Waals surface area contributed by atoms with E-state index in [9.17, 15) is 18.0 Å². The summed E-state index contributed by atoms with van der Waals surface area (Å²) in [6.07, 6.45) is -3.64. The lowest BCUT2D eigenvalue weighted by molar-refractivity contribution is -0.137. The first-order valence-corrected chi connectivity index (χ1v) is 8.30. The summed E-state index contributed by atoms with van der Waals surface area (Å²) in [6, 6.07) is 9.77. The average molecular weight is 354 g/mol. The molecule has 0 aliphatic carbocycles. The number of benzene rings is 1. The van der Waals surface area contributed by atoms with Crippen molar-refractivity contribution < 1.29 is 18.0 Å². The molecular weight excluding hydrogens is 337 g/mol. The van der Waals surface area contributed by atoms with E-state index >= 15 is 0 Å². The molecule has 0 aliphatic rings. The Hall–Kier alpha value is -2.02. The van der Waals surface area contributed by atoms with Crippen molar-refractivity contribution in [1.82, 2.24) is 4.98 Å². The summed E-state index contributed by atoms with van der Waals surface area (Å²) in [6.45, 7) is 4.17. The highest BCUT2D eigenvalue weighted by Gasteiger charge is 2.30. The van der Waals surface area contributed by atoms with Gasteiger partial charge in [-0.05, 0) is 35.7 Å². The van der Waals surface area contributed by atoms with Gasteiger partial charge in [-0.15, -0.1) is 0 Å². The SMILES string of the molecule is CC(C)c1ccc(NC(=O)CSc2ccc(C(F)(F)F)cn2)cc1. The van der Waals surface area contributed by atoms with Gasteiger partial charge in [-0.2, -0.15) is 13.2 Å². The van der Waals surface area contributed by atoms with E-state index in [0.717, 1.165) is 24.0 Å². The maximum atomic E-state index is 12.4. The second kappa shape index (κ2) is 7.70. The minimum Gasteiger partial charge on any atom is -0.325 e. The van der Waals surface area contributed by atoms with Crippen molar-refractivity contribution in [2.45, 2.75) is 31.0 Å². The number of halogens is 3. The molecule has 0 fully saturated rings. The summed E-state index contributed by atoms with van der Waals surface area (Å²) >= 11 is 1.08. The number of amides is 1. The normalized spacial score (nSPS) is 11.6. The Kier molecular flexibility index (Phi) is 5.88. The largest absolute Gasteiger partial charge is 0.417 e. The lowest BCUT2D eigenvalue weighted by Crippen LogP contribution is -2.14. The first-order chi connectivity index (χ1) is 11.3. The van der Waals surface area contributed by atoms with Crippen LogP contribution in [0.1, 0.15) is 30.9 Å². The van der Waals surface area contributed by atoms with E-state index in [0.29, 0.717) is 16.6 Å². The number of alkyl halides is 3. The van der Waals surface area contributed by atoms with Crippen LogP contribution in [0.15, 0.2) is 47.6 Å². The maximum Gasteiger partial charge on any atom is 0.417 e. The van der Waals surface area contributed by atoms with Crippen molar-refractivity contribution >= 4 is 23.4 Å². The minimum atomic E-state index is -4.41. The van der Waals surface area contributed by atoms with Gasteiger partial charge in [0.1, 0.15) is 0 Å². The summed E-state index contributed by atoms with van der Waals surface area (Å²) in [4.78, 5) is 15.6. The lowest BCUT2D eigenvalue weighted by Gasteiger charge is -2.09. The van der Waals surface area contributed by atoms with E-state index in [1.165, 1.54) is 11.6 Å². The van der Waals surface area contributed by atoms with Crippen molar-refractivity contribution in [3.8, 4) is 0 Å². The number of nitrogens with zero attached hydrogens (tertiary/aromatic N) is 1. The zero-order valence-corrected chi connectivity index (χ0v) is 14.0. The molecule has 0 unspecified atom stereocenters. The molecule has 2 rings (SSSR count). The standard InChI is InChI=1S/C17H17F3N2OS/c1-11(2)12-3-6-14(7-4-12)22-15(23)10-24-16-8-5-13(9-21-16)17(18,19)20/h3-9,11H,10H2,1-2H3,(H,22,23). The molecule has 24 heavy (non-hydrogen) atoms. The molecule has 1 aromatic heterocycles. The van der Waals surface area contributed by atoms with Crippen molar-refractivity contribution in [2.24, 2.45) is 0 Å². The van der Waals surface area contributed by atoms with Crippen LogP contribution < -0.4 is 5.32 Å². The Balaban J connectivity index is 1.86. The van der Waals surface area contributed by atoms with Gasteiger partial charge in [0.15, 0.2) is 0 Å². The van der Waals surface area contributed by atoms with E-state index in [2.05, 4.69) is 24.1 Å². The van der Waals surface area contributed by atoms with Crippen LogP contribution in [0.4, 0.5) is 18.9 Å². The van der Waals surface area contributed by atoms with E-state index in [1.54, 1.807) is 0 Å². The summed E-state index contributed by atoms with van der Waals surface area (Å²) in [5.74, 6) is 0.250. The van der Waals surface area contributed by atoms with E-state index in [1.807, 2.05) is 24.3 Å². The van der Waals surface area contributed by atoms with Crippen LogP contribution in [0, 0.1) is 0 Å². The summed E-state index contributed by atoms with van der Waals surface area (Å²) in [5, 5.41) is 3.12. The number of anilines is 1. The summed E-state index contributed by atoms with van der Waals surface area (Å²) < 4.78 is 37.3. The highest BCUT2D eigenvalue weighted by atomic mass is 32.2.